The lowest BCUT2D eigenvalue weighted by Gasteiger charge is -2.32. The first-order valence-corrected chi connectivity index (χ1v) is 19.1. The van der Waals surface area contributed by atoms with Crippen molar-refractivity contribution in [2.75, 3.05) is 57.1 Å². The summed E-state index contributed by atoms with van der Waals surface area (Å²) < 4.78 is 19.2. The summed E-state index contributed by atoms with van der Waals surface area (Å²) in [5.74, 6) is -0.998. The summed E-state index contributed by atoms with van der Waals surface area (Å²) in [7, 11) is 0. The Morgan fingerprint density at radius 3 is 2.36 bits per heavy atom. The number of piperidine rings is 2. The monoisotopic (exact) mass is 787 g/mol. The summed E-state index contributed by atoms with van der Waals surface area (Å²) in [6.45, 7) is 3.22. The lowest BCUT2D eigenvalue weighted by atomic mass is 10.0. The first-order valence-electron chi connectivity index (χ1n) is 19.1. The van der Waals surface area contributed by atoms with Gasteiger partial charge in [-0.1, -0.05) is 18.2 Å². The number of amides is 5. The van der Waals surface area contributed by atoms with Gasteiger partial charge in [0.15, 0.2) is 5.65 Å². The SMILES string of the molecule is Nc1ncnc2c1c(-c1ccc(Oc3ccccc3)cc1)nn2C1CCN(CCOCCOCC(=O)Nc2ccc3c(c2)C(=O)N(C2CCC(=O)NC2=O)C3=O)CC1. The van der Waals surface area contributed by atoms with Crippen LogP contribution >= 0.6 is 0 Å². The Bertz CT molecular complexity index is 2360. The Labute approximate surface area is 332 Å². The van der Waals surface area contributed by atoms with Crippen LogP contribution in [0, 0.1) is 0 Å². The highest BCUT2D eigenvalue weighted by Crippen LogP contribution is 2.35. The van der Waals surface area contributed by atoms with Gasteiger partial charge in [-0.25, -0.2) is 14.6 Å². The number of ether oxygens (including phenoxy) is 3. The summed E-state index contributed by atoms with van der Waals surface area (Å²) >= 11 is 0. The van der Waals surface area contributed by atoms with E-state index >= 15 is 0 Å². The molecule has 8 rings (SSSR count). The van der Waals surface area contributed by atoms with Crippen molar-refractivity contribution in [2.45, 2.75) is 37.8 Å². The molecule has 2 saturated heterocycles. The molecule has 0 radical (unpaired) electrons. The summed E-state index contributed by atoms with van der Waals surface area (Å²) in [5.41, 5.74) is 9.20. The van der Waals surface area contributed by atoms with Gasteiger partial charge >= 0.3 is 0 Å². The van der Waals surface area contributed by atoms with Crippen molar-refractivity contribution in [1.82, 2.24) is 34.9 Å². The Kier molecular flexibility index (Phi) is 11.2. The molecule has 2 fully saturated rings. The fourth-order valence-electron chi connectivity index (χ4n) is 7.47. The lowest BCUT2D eigenvalue weighted by Crippen LogP contribution is -2.54. The van der Waals surface area contributed by atoms with Crippen LogP contribution in [0.3, 0.4) is 0 Å². The second-order valence-corrected chi connectivity index (χ2v) is 14.2. The maximum Gasteiger partial charge on any atom is 0.262 e. The van der Waals surface area contributed by atoms with Crippen molar-refractivity contribution in [3.05, 3.63) is 90.3 Å². The van der Waals surface area contributed by atoms with E-state index in [1.54, 1.807) is 0 Å². The molecule has 5 heterocycles. The number of nitrogens with one attached hydrogen (secondary N) is 2. The molecule has 0 bridgehead atoms. The number of anilines is 2. The normalized spacial score (nSPS) is 17.4. The Balaban J connectivity index is 0.758. The Morgan fingerprint density at radius 2 is 1.59 bits per heavy atom. The predicted molar refractivity (Wildman–Crippen MR) is 210 cm³/mol. The molecule has 2 aromatic heterocycles. The predicted octanol–water partition coefficient (Wildman–Crippen LogP) is 3.58. The zero-order chi connectivity index (χ0) is 40.2. The van der Waals surface area contributed by atoms with Crippen LogP contribution in [0.5, 0.6) is 11.5 Å². The van der Waals surface area contributed by atoms with Crippen LogP contribution in [-0.2, 0) is 23.9 Å². The summed E-state index contributed by atoms with van der Waals surface area (Å²) in [4.78, 5) is 74.4. The van der Waals surface area contributed by atoms with Crippen LogP contribution in [0.2, 0.25) is 0 Å². The van der Waals surface area contributed by atoms with Crippen LogP contribution in [0.25, 0.3) is 22.3 Å². The minimum atomic E-state index is -1.07. The average Bonchev–Trinajstić information content (AvgIpc) is 3.73. The van der Waals surface area contributed by atoms with E-state index in [-0.39, 0.29) is 43.2 Å². The van der Waals surface area contributed by atoms with Crippen LogP contribution in [0.1, 0.15) is 52.4 Å². The number of hydrogen-bond acceptors (Lipinski definition) is 13. The van der Waals surface area contributed by atoms with E-state index in [2.05, 4.69) is 25.5 Å². The topological polar surface area (TPSA) is 213 Å². The first-order chi connectivity index (χ1) is 28.2. The average molecular weight is 788 g/mol. The van der Waals surface area contributed by atoms with Crippen molar-refractivity contribution < 1.29 is 38.2 Å². The molecule has 3 aromatic carbocycles. The zero-order valence-corrected chi connectivity index (χ0v) is 31.5. The van der Waals surface area contributed by atoms with Gasteiger partial charge in [-0.2, -0.15) is 5.10 Å². The van der Waals surface area contributed by atoms with Crippen LogP contribution < -0.4 is 21.1 Å². The van der Waals surface area contributed by atoms with Gasteiger partial charge in [-0.15, -0.1) is 0 Å². The van der Waals surface area contributed by atoms with E-state index in [4.69, 9.17) is 25.0 Å². The van der Waals surface area contributed by atoms with Gasteiger partial charge < -0.3 is 30.2 Å². The largest absolute Gasteiger partial charge is 0.457 e. The van der Waals surface area contributed by atoms with Gasteiger partial charge in [0.25, 0.3) is 11.8 Å². The molecule has 298 valence electrons. The number of aromatic nitrogens is 4. The molecule has 0 saturated carbocycles. The number of rotatable bonds is 14. The number of hydrogen-bond donors (Lipinski definition) is 3. The Hall–Kier alpha value is -6.56. The van der Waals surface area contributed by atoms with Gasteiger partial charge in [-0.3, -0.25) is 34.2 Å². The third-order valence-corrected chi connectivity index (χ3v) is 10.4. The maximum absolute atomic E-state index is 13.1. The van der Waals surface area contributed by atoms with E-state index in [9.17, 15) is 24.0 Å². The van der Waals surface area contributed by atoms with Crippen molar-refractivity contribution in [3.8, 4) is 22.8 Å². The fraction of sp³-hybridized carbons (Fsp3) is 0.317. The molecule has 3 aliphatic rings. The molecule has 1 atom stereocenters. The quantitative estimate of drug-likeness (QED) is 0.109. The second-order valence-electron chi connectivity index (χ2n) is 14.2. The van der Waals surface area contributed by atoms with E-state index < -0.39 is 35.6 Å². The van der Waals surface area contributed by atoms with Gasteiger partial charge in [0.2, 0.25) is 17.7 Å². The van der Waals surface area contributed by atoms with E-state index in [0.29, 0.717) is 36.1 Å². The fourth-order valence-corrected chi connectivity index (χ4v) is 7.47. The molecule has 17 nitrogen and oxygen atoms in total. The molecular weight excluding hydrogens is 747 g/mol. The van der Waals surface area contributed by atoms with Gasteiger partial charge in [0.1, 0.15) is 42.0 Å². The number of nitrogens with zero attached hydrogens (tertiary/aromatic N) is 6. The van der Waals surface area contributed by atoms with E-state index in [1.165, 1.54) is 24.5 Å². The number of nitrogens with two attached hydrogens (primary N) is 1. The molecule has 58 heavy (non-hydrogen) atoms. The summed E-state index contributed by atoms with van der Waals surface area (Å²) in [6.07, 6.45) is 3.30. The number of carbonyl (C=O) groups excluding carboxylic acids is 5. The second kappa shape index (κ2) is 16.9. The molecule has 0 aliphatic carbocycles. The first kappa shape index (κ1) is 38.3. The van der Waals surface area contributed by atoms with E-state index in [0.717, 1.165) is 59.8 Å². The maximum atomic E-state index is 13.1. The highest BCUT2D eigenvalue weighted by molar-refractivity contribution is 6.24. The molecule has 17 heteroatoms. The van der Waals surface area contributed by atoms with Crippen molar-refractivity contribution in [1.29, 1.82) is 0 Å². The highest BCUT2D eigenvalue weighted by Gasteiger charge is 2.44. The Morgan fingerprint density at radius 1 is 0.845 bits per heavy atom. The number of carbonyl (C=O) groups is 5. The highest BCUT2D eigenvalue weighted by atomic mass is 16.5. The van der Waals surface area contributed by atoms with Crippen LogP contribution in [0.4, 0.5) is 11.5 Å². The number of nitrogen functional groups attached to an aromatic ring is 1. The minimum Gasteiger partial charge on any atom is -0.457 e. The number of benzene rings is 3. The minimum absolute atomic E-state index is 0.0279. The van der Waals surface area contributed by atoms with Crippen molar-refractivity contribution >= 4 is 52.1 Å². The summed E-state index contributed by atoms with van der Waals surface area (Å²) in [5, 5.41) is 10.6. The number of imide groups is 2. The number of fused-ring (bicyclic) bond motifs is 2. The smallest absolute Gasteiger partial charge is 0.262 e. The standard InChI is InChI=1S/C41H41N9O8/c42-37-35-36(25-6-9-29(10-7-25)58-28-4-2-1-3-5-28)47-50(38(35)44-24-43-37)27-14-16-48(17-15-27)18-19-56-20-21-57-23-34(52)45-26-8-11-30-31(22-26)41(55)49(40(30)54)32-12-13-33(51)46-39(32)53/h1-11,22,24,27,32H,12-21,23H2,(H,45,52)(H2,42,43,44)(H,46,51,53). The number of para-hydroxylation sites is 1. The zero-order valence-electron chi connectivity index (χ0n) is 31.5. The molecule has 5 amide bonds. The van der Waals surface area contributed by atoms with E-state index in [1.807, 2.05) is 59.3 Å². The third-order valence-electron chi connectivity index (χ3n) is 10.4. The molecular formula is C41H41N9O8. The van der Waals surface area contributed by atoms with Gasteiger partial charge in [-0.05, 0) is 73.9 Å². The van der Waals surface area contributed by atoms with Gasteiger partial charge in [0.05, 0.1) is 42.4 Å². The summed E-state index contributed by atoms with van der Waals surface area (Å²) in [6, 6.07) is 20.7. The third kappa shape index (κ3) is 8.13. The van der Waals surface area contributed by atoms with Crippen molar-refractivity contribution in [2.24, 2.45) is 0 Å². The van der Waals surface area contributed by atoms with Crippen LogP contribution in [0.15, 0.2) is 79.1 Å². The van der Waals surface area contributed by atoms with Crippen molar-refractivity contribution in [3.63, 3.8) is 0 Å². The van der Waals surface area contributed by atoms with Crippen LogP contribution in [-0.4, -0.2) is 111 Å². The molecule has 0 spiro atoms. The van der Waals surface area contributed by atoms with Gasteiger partial charge in [0, 0.05) is 37.3 Å². The molecule has 3 aliphatic heterocycles. The lowest BCUT2D eigenvalue weighted by molar-refractivity contribution is -0.136. The molecule has 4 N–H and O–H groups in total. The molecule has 1 unspecified atom stereocenters. The number of likely N-dealkylation sites (tertiary alicyclic amines) is 1. The molecule has 5 aromatic rings.